The fourth-order valence-electron chi connectivity index (χ4n) is 4.81. The molecule has 2 aliphatic rings. The standard InChI is InChI=1S/C25H30F2O4Si/c1-24(2,3)32(17-12-8-6-9-13-17,18-14-10-7-11-15-18)28-16-19-20-21(22(29-19)23(26)27)31-25(4,5)30-20/h6-15,19-21H,16H2,1-5H3/t19-,20-,21-/m1/s1. The minimum atomic E-state index is -2.83. The Morgan fingerprint density at radius 3 is 1.94 bits per heavy atom. The van der Waals surface area contributed by atoms with Crippen molar-refractivity contribution in [1.82, 2.24) is 0 Å². The summed E-state index contributed by atoms with van der Waals surface area (Å²) in [5.74, 6) is -1.41. The van der Waals surface area contributed by atoms with Crippen molar-refractivity contribution in [3.05, 3.63) is 72.5 Å². The van der Waals surface area contributed by atoms with Crippen molar-refractivity contribution >= 4 is 18.7 Å². The van der Waals surface area contributed by atoms with Crippen LogP contribution < -0.4 is 10.4 Å². The van der Waals surface area contributed by atoms with Crippen LogP contribution in [-0.2, 0) is 18.6 Å². The van der Waals surface area contributed by atoms with E-state index >= 15 is 0 Å². The van der Waals surface area contributed by atoms with Crippen molar-refractivity contribution in [1.29, 1.82) is 0 Å². The summed E-state index contributed by atoms with van der Waals surface area (Å²) in [6.07, 6.45) is -4.16. The Balaban J connectivity index is 1.72. The lowest BCUT2D eigenvalue weighted by Crippen LogP contribution is -2.67. The molecule has 0 unspecified atom stereocenters. The van der Waals surface area contributed by atoms with Gasteiger partial charge < -0.3 is 18.6 Å². The number of fused-ring (bicyclic) bond motifs is 1. The van der Waals surface area contributed by atoms with E-state index in [4.69, 9.17) is 18.6 Å². The van der Waals surface area contributed by atoms with Gasteiger partial charge in [0.05, 0.1) is 6.61 Å². The van der Waals surface area contributed by atoms with E-state index in [9.17, 15) is 8.78 Å². The molecule has 32 heavy (non-hydrogen) atoms. The van der Waals surface area contributed by atoms with Gasteiger partial charge in [0.15, 0.2) is 17.7 Å². The predicted octanol–water partition coefficient (Wildman–Crippen LogP) is 4.59. The topological polar surface area (TPSA) is 36.9 Å². The lowest BCUT2D eigenvalue weighted by Gasteiger charge is -2.43. The van der Waals surface area contributed by atoms with Crippen LogP contribution in [0.15, 0.2) is 72.5 Å². The summed E-state index contributed by atoms with van der Waals surface area (Å²) in [6, 6.07) is 20.4. The summed E-state index contributed by atoms with van der Waals surface area (Å²) in [6.45, 7) is 10.1. The molecular weight excluding hydrogens is 430 g/mol. The molecular formula is C25H30F2O4Si. The molecule has 0 spiro atoms. The average molecular weight is 461 g/mol. The van der Waals surface area contributed by atoms with Gasteiger partial charge in [0.2, 0.25) is 0 Å². The van der Waals surface area contributed by atoms with Crippen LogP contribution in [0.2, 0.25) is 5.04 Å². The molecule has 0 aromatic heterocycles. The molecule has 0 N–H and O–H groups in total. The minimum Gasteiger partial charge on any atom is -0.481 e. The Morgan fingerprint density at radius 2 is 1.47 bits per heavy atom. The molecule has 2 saturated heterocycles. The van der Waals surface area contributed by atoms with Gasteiger partial charge in [-0.25, -0.2) is 0 Å². The molecule has 0 amide bonds. The zero-order chi connectivity index (χ0) is 23.1. The normalized spacial score (nSPS) is 24.8. The van der Waals surface area contributed by atoms with Crippen LogP contribution in [0.4, 0.5) is 8.78 Å². The van der Waals surface area contributed by atoms with Crippen LogP contribution >= 0.6 is 0 Å². The first-order valence-corrected chi connectivity index (χ1v) is 12.8. The van der Waals surface area contributed by atoms with E-state index in [2.05, 4.69) is 45.0 Å². The molecule has 0 aliphatic carbocycles. The molecule has 2 aromatic carbocycles. The van der Waals surface area contributed by atoms with Crippen LogP contribution in [-0.4, -0.2) is 39.0 Å². The maximum atomic E-state index is 13.6. The Morgan fingerprint density at radius 1 is 0.938 bits per heavy atom. The van der Waals surface area contributed by atoms with Gasteiger partial charge in [0, 0.05) is 0 Å². The lowest BCUT2D eigenvalue weighted by atomic mass is 10.1. The maximum Gasteiger partial charge on any atom is 0.310 e. The Hall–Kier alpha value is -2.06. The smallest absolute Gasteiger partial charge is 0.310 e. The number of hydrogen-bond acceptors (Lipinski definition) is 4. The summed E-state index contributed by atoms with van der Waals surface area (Å²) in [7, 11) is -2.83. The van der Waals surface area contributed by atoms with Crippen molar-refractivity contribution in [3.63, 3.8) is 0 Å². The largest absolute Gasteiger partial charge is 0.481 e. The number of hydrogen-bond donors (Lipinski definition) is 0. The molecule has 0 radical (unpaired) electrons. The van der Waals surface area contributed by atoms with Gasteiger partial charge in [-0.1, -0.05) is 81.4 Å². The van der Waals surface area contributed by atoms with Crippen molar-refractivity contribution in [3.8, 4) is 0 Å². The second kappa shape index (κ2) is 8.37. The minimum absolute atomic E-state index is 0.116. The molecule has 2 heterocycles. The van der Waals surface area contributed by atoms with Crippen molar-refractivity contribution < 1.29 is 27.4 Å². The number of ether oxygens (including phenoxy) is 3. The highest BCUT2D eigenvalue weighted by atomic mass is 28.4. The summed E-state index contributed by atoms with van der Waals surface area (Å²) >= 11 is 0. The zero-order valence-electron chi connectivity index (χ0n) is 19.1. The SMILES string of the molecule is CC1(C)O[C@@H]2[C@@H](CO[Si](c3ccccc3)(c3ccccc3)C(C)(C)C)OC(=C(F)F)[C@@H]2O1. The van der Waals surface area contributed by atoms with E-state index in [1.54, 1.807) is 13.8 Å². The highest BCUT2D eigenvalue weighted by molar-refractivity contribution is 6.99. The van der Waals surface area contributed by atoms with Crippen LogP contribution in [0.3, 0.4) is 0 Å². The van der Waals surface area contributed by atoms with Gasteiger partial charge in [0.25, 0.3) is 8.32 Å². The quantitative estimate of drug-likeness (QED) is 0.612. The molecule has 0 bridgehead atoms. The summed E-state index contributed by atoms with van der Waals surface area (Å²) in [5.41, 5.74) is 0. The molecule has 2 aromatic rings. The summed E-state index contributed by atoms with van der Waals surface area (Å²) in [4.78, 5) is 0. The second-order valence-electron chi connectivity index (χ2n) is 9.78. The fraction of sp³-hybridized carbons (Fsp3) is 0.440. The van der Waals surface area contributed by atoms with E-state index < -0.39 is 44.3 Å². The van der Waals surface area contributed by atoms with Crippen LogP contribution in [0.5, 0.6) is 0 Å². The Bertz CT molecular complexity index is 929. The molecule has 4 nitrogen and oxygen atoms in total. The van der Waals surface area contributed by atoms with Gasteiger partial charge in [0.1, 0.15) is 12.2 Å². The van der Waals surface area contributed by atoms with Crippen molar-refractivity contribution in [2.75, 3.05) is 6.61 Å². The van der Waals surface area contributed by atoms with Crippen LogP contribution in [0.1, 0.15) is 34.6 Å². The predicted molar refractivity (Wildman–Crippen MR) is 122 cm³/mol. The van der Waals surface area contributed by atoms with E-state index in [1.165, 1.54) is 0 Å². The van der Waals surface area contributed by atoms with Gasteiger partial charge >= 0.3 is 6.08 Å². The average Bonchev–Trinajstić information content (AvgIpc) is 3.22. The first-order valence-electron chi connectivity index (χ1n) is 10.9. The fourth-order valence-corrected chi connectivity index (χ4v) is 9.38. The first-order chi connectivity index (χ1) is 15.1. The van der Waals surface area contributed by atoms with Gasteiger partial charge in [-0.2, -0.15) is 8.78 Å². The monoisotopic (exact) mass is 460 g/mol. The molecule has 2 fully saturated rings. The number of rotatable bonds is 5. The van der Waals surface area contributed by atoms with E-state index in [0.717, 1.165) is 10.4 Å². The molecule has 7 heteroatoms. The Labute approximate surface area is 189 Å². The lowest BCUT2D eigenvalue weighted by molar-refractivity contribution is -0.169. The summed E-state index contributed by atoms with van der Waals surface area (Å²) < 4.78 is 51.3. The first kappa shape index (κ1) is 23.1. The third-order valence-corrected chi connectivity index (χ3v) is 11.1. The van der Waals surface area contributed by atoms with Crippen LogP contribution in [0, 0.1) is 0 Å². The van der Waals surface area contributed by atoms with Crippen molar-refractivity contribution in [2.45, 2.75) is 63.8 Å². The van der Waals surface area contributed by atoms with E-state index in [0.29, 0.717) is 0 Å². The molecule has 172 valence electrons. The highest BCUT2D eigenvalue weighted by Gasteiger charge is 2.57. The maximum absolute atomic E-state index is 13.6. The third-order valence-electron chi connectivity index (χ3n) is 6.10. The van der Waals surface area contributed by atoms with E-state index in [1.807, 2.05) is 36.4 Å². The molecule has 0 saturated carbocycles. The number of halogens is 2. The highest BCUT2D eigenvalue weighted by Crippen LogP contribution is 2.43. The molecule has 4 rings (SSSR count). The van der Waals surface area contributed by atoms with Gasteiger partial charge in [-0.05, 0) is 29.3 Å². The van der Waals surface area contributed by atoms with E-state index in [-0.39, 0.29) is 11.6 Å². The summed E-state index contributed by atoms with van der Waals surface area (Å²) in [5, 5.41) is 2.00. The second-order valence-corrected chi connectivity index (χ2v) is 14.1. The third kappa shape index (κ3) is 4.03. The Kier molecular flexibility index (Phi) is 6.05. The van der Waals surface area contributed by atoms with Gasteiger partial charge in [-0.3, -0.25) is 0 Å². The molecule has 2 aliphatic heterocycles. The van der Waals surface area contributed by atoms with Gasteiger partial charge in [-0.15, -0.1) is 0 Å². The molecule has 3 atom stereocenters. The number of benzene rings is 2. The zero-order valence-corrected chi connectivity index (χ0v) is 20.1. The van der Waals surface area contributed by atoms with Crippen LogP contribution in [0.25, 0.3) is 0 Å². The van der Waals surface area contributed by atoms with Crippen molar-refractivity contribution in [2.24, 2.45) is 0 Å².